The summed E-state index contributed by atoms with van der Waals surface area (Å²) in [5, 5.41) is 8.98. The lowest BCUT2D eigenvalue weighted by Gasteiger charge is -2.37. The standard InChI is InChI=1S/C15H16N4O4/c20-13(21)12-8-22-15(18-12)19-9-2-3-10(19)7-11(6-9)23-14-16-4-1-5-17-14/h1,4-5,8-11H,2-3,6-7H2,(H,20,21)/t9-,10+,11?. The highest BCUT2D eigenvalue weighted by Crippen LogP contribution is 2.39. The van der Waals surface area contributed by atoms with Gasteiger partial charge in [-0.15, -0.1) is 0 Å². The normalized spacial score (nSPS) is 26.3. The Labute approximate surface area is 132 Å². The Morgan fingerprint density at radius 1 is 1.26 bits per heavy atom. The number of oxazole rings is 1. The summed E-state index contributed by atoms with van der Waals surface area (Å²) in [6, 6.07) is 3.02. The summed E-state index contributed by atoms with van der Waals surface area (Å²) in [4.78, 5) is 25.3. The van der Waals surface area contributed by atoms with E-state index in [0.29, 0.717) is 12.0 Å². The summed E-state index contributed by atoms with van der Waals surface area (Å²) in [7, 11) is 0. The Kier molecular flexibility index (Phi) is 3.36. The smallest absolute Gasteiger partial charge is 0.357 e. The number of carbonyl (C=O) groups is 1. The molecular weight excluding hydrogens is 300 g/mol. The monoisotopic (exact) mass is 316 g/mol. The van der Waals surface area contributed by atoms with Gasteiger partial charge >= 0.3 is 12.0 Å². The number of carboxylic acids is 1. The zero-order valence-corrected chi connectivity index (χ0v) is 12.3. The third kappa shape index (κ3) is 2.60. The molecule has 2 fully saturated rings. The van der Waals surface area contributed by atoms with E-state index in [-0.39, 0.29) is 23.9 Å². The lowest BCUT2D eigenvalue weighted by atomic mass is 10.0. The van der Waals surface area contributed by atoms with Crippen molar-refractivity contribution in [2.75, 3.05) is 4.90 Å². The molecule has 0 amide bonds. The number of carboxylic acid groups (broad SMARTS) is 1. The topological polar surface area (TPSA) is 102 Å². The minimum absolute atomic E-state index is 0.0556. The number of hydrogen-bond acceptors (Lipinski definition) is 7. The Balaban J connectivity index is 1.48. The van der Waals surface area contributed by atoms with E-state index >= 15 is 0 Å². The number of nitrogens with zero attached hydrogens (tertiary/aromatic N) is 4. The molecule has 8 heteroatoms. The molecule has 1 unspecified atom stereocenters. The van der Waals surface area contributed by atoms with Crippen molar-refractivity contribution in [3.8, 4) is 6.01 Å². The van der Waals surface area contributed by atoms with Gasteiger partial charge in [0.05, 0.1) is 0 Å². The Bertz CT molecular complexity index is 691. The number of hydrogen-bond donors (Lipinski definition) is 1. The van der Waals surface area contributed by atoms with Crippen LogP contribution in [0.5, 0.6) is 6.01 Å². The fraction of sp³-hybridized carbons (Fsp3) is 0.467. The highest BCUT2D eigenvalue weighted by Gasteiger charge is 2.44. The number of piperidine rings is 1. The molecule has 120 valence electrons. The van der Waals surface area contributed by atoms with Crippen molar-refractivity contribution in [3.63, 3.8) is 0 Å². The van der Waals surface area contributed by atoms with Gasteiger partial charge < -0.3 is 19.2 Å². The number of rotatable bonds is 4. The van der Waals surface area contributed by atoms with Gasteiger partial charge in [-0.1, -0.05) is 0 Å². The van der Waals surface area contributed by atoms with Crippen molar-refractivity contribution in [2.24, 2.45) is 0 Å². The molecule has 8 nitrogen and oxygen atoms in total. The van der Waals surface area contributed by atoms with Gasteiger partial charge in [0.25, 0.3) is 6.01 Å². The first-order valence-corrected chi connectivity index (χ1v) is 7.61. The fourth-order valence-electron chi connectivity index (χ4n) is 3.51. The number of aromatic carboxylic acids is 1. The van der Waals surface area contributed by atoms with Crippen LogP contribution in [0.1, 0.15) is 36.2 Å². The van der Waals surface area contributed by atoms with E-state index in [1.54, 1.807) is 18.5 Å². The van der Waals surface area contributed by atoms with Crippen molar-refractivity contribution in [1.82, 2.24) is 15.0 Å². The molecule has 2 aromatic rings. The second-order valence-corrected chi connectivity index (χ2v) is 5.86. The average Bonchev–Trinajstić information content (AvgIpc) is 3.11. The number of anilines is 1. The molecule has 0 radical (unpaired) electrons. The molecule has 4 heterocycles. The maximum absolute atomic E-state index is 11.0. The average molecular weight is 316 g/mol. The molecular formula is C15H16N4O4. The quantitative estimate of drug-likeness (QED) is 0.910. The maximum Gasteiger partial charge on any atom is 0.357 e. The summed E-state index contributed by atoms with van der Waals surface area (Å²) < 4.78 is 11.2. The van der Waals surface area contributed by atoms with Gasteiger partial charge in [-0.2, -0.15) is 4.98 Å². The van der Waals surface area contributed by atoms with Crippen LogP contribution in [0.25, 0.3) is 0 Å². The van der Waals surface area contributed by atoms with Crippen LogP contribution in [0.3, 0.4) is 0 Å². The molecule has 2 bridgehead atoms. The molecule has 2 saturated heterocycles. The van der Waals surface area contributed by atoms with Crippen LogP contribution in [0, 0.1) is 0 Å². The van der Waals surface area contributed by atoms with Gasteiger partial charge in [0.1, 0.15) is 12.4 Å². The Morgan fingerprint density at radius 2 is 1.96 bits per heavy atom. The van der Waals surface area contributed by atoms with Crippen molar-refractivity contribution >= 4 is 12.0 Å². The third-order valence-corrected chi connectivity index (χ3v) is 4.44. The van der Waals surface area contributed by atoms with Gasteiger partial charge in [0.15, 0.2) is 5.69 Å². The van der Waals surface area contributed by atoms with E-state index in [4.69, 9.17) is 14.3 Å². The van der Waals surface area contributed by atoms with E-state index in [2.05, 4.69) is 19.9 Å². The zero-order valence-electron chi connectivity index (χ0n) is 12.3. The molecule has 2 aromatic heterocycles. The molecule has 0 spiro atoms. The second-order valence-electron chi connectivity index (χ2n) is 5.86. The maximum atomic E-state index is 11.0. The van der Waals surface area contributed by atoms with Gasteiger partial charge in [-0.25, -0.2) is 14.8 Å². The van der Waals surface area contributed by atoms with Crippen molar-refractivity contribution in [1.29, 1.82) is 0 Å². The minimum Gasteiger partial charge on any atom is -0.476 e. The summed E-state index contributed by atoms with van der Waals surface area (Å²) in [5.74, 6) is -1.08. The summed E-state index contributed by atoms with van der Waals surface area (Å²) in [6.45, 7) is 0. The molecule has 4 rings (SSSR count). The van der Waals surface area contributed by atoms with E-state index in [9.17, 15) is 4.79 Å². The van der Waals surface area contributed by atoms with Gasteiger partial charge in [0, 0.05) is 37.3 Å². The van der Waals surface area contributed by atoms with Crippen molar-refractivity contribution < 1.29 is 19.1 Å². The lowest BCUT2D eigenvalue weighted by Crippen LogP contribution is -2.46. The van der Waals surface area contributed by atoms with Crippen LogP contribution >= 0.6 is 0 Å². The van der Waals surface area contributed by atoms with Crippen LogP contribution in [-0.2, 0) is 0 Å². The van der Waals surface area contributed by atoms with Crippen LogP contribution in [0.15, 0.2) is 29.1 Å². The second kappa shape index (κ2) is 5.53. The highest BCUT2D eigenvalue weighted by molar-refractivity contribution is 5.85. The number of aromatic nitrogens is 3. The van der Waals surface area contributed by atoms with Crippen LogP contribution < -0.4 is 9.64 Å². The molecule has 1 N–H and O–H groups in total. The number of fused-ring (bicyclic) bond motifs is 2. The first kappa shape index (κ1) is 14.0. The predicted octanol–water partition coefficient (Wildman–Crippen LogP) is 1.74. The van der Waals surface area contributed by atoms with Crippen molar-refractivity contribution in [3.05, 3.63) is 30.4 Å². The Morgan fingerprint density at radius 3 is 2.57 bits per heavy atom. The fourth-order valence-corrected chi connectivity index (χ4v) is 3.51. The predicted molar refractivity (Wildman–Crippen MR) is 78.4 cm³/mol. The summed E-state index contributed by atoms with van der Waals surface area (Å²) >= 11 is 0. The van der Waals surface area contributed by atoms with Gasteiger partial charge in [-0.05, 0) is 18.9 Å². The first-order chi connectivity index (χ1) is 11.2. The molecule has 0 saturated carbocycles. The first-order valence-electron chi connectivity index (χ1n) is 7.61. The van der Waals surface area contributed by atoms with Crippen LogP contribution in [-0.4, -0.2) is 44.2 Å². The van der Waals surface area contributed by atoms with Crippen molar-refractivity contribution in [2.45, 2.75) is 43.9 Å². The molecule has 0 aliphatic carbocycles. The highest BCUT2D eigenvalue weighted by atomic mass is 16.5. The molecule has 3 atom stereocenters. The van der Waals surface area contributed by atoms with E-state index in [1.165, 1.54) is 6.26 Å². The van der Waals surface area contributed by atoms with Crippen LogP contribution in [0.2, 0.25) is 0 Å². The largest absolute Gasteiger partial charge is 0.476 e. The van der Waals surface area contributed by atoms with Gasteiger partial charge in [-0.3, -0.25) is 0 Å². The van der Waals surface area contributed by atoms with Crippen LogP contribution in [0.4, 0.5) is 6.01 Å². The molecule has 2 aliphatic rings. The lowest BCUT2D eigenvalue weighted by molar-refractivity contribution is 0.0690. The summed E-state index contributed by atoms with van der Waals surface area (Å²) in [5.41, 5.74) is -0.0598. The third-order valence-electron chi connectivity index (χ3n) is 4.44. The van der Waals surface area contributed by atoms with E-state index < -0.39 is 5.97 Å². The molecule has 23 heavy (non-hydrogen) atoms. The number of ether oxygens (including phenoxy) is 1. The summed E-state index contributed by atoms with van der Waals surface area (Å²) in [6.07, 6.45) is 8.24. The van der Waals surface area contributed by atoms with Gasteiger partial charge in [0.2, 0.25) is 0 Å². The SMILES string of the molecule is O=C(O)c1coc(N2[C@@H]3CC[C@H]2CC(Oc2ncccn2)C3)n1. The van der Waals surface area contributed by atoms with E-state index in [1.807, 2.05) is 0 Å². The zero-order chi connectivity index (χ0) is 15.8. The van der Waals surface area contributed by atoms with E-state index in [0.717, 1.165) is 25.7 Å². The Hall–Kier alpha value is -2.64. The minimum atomic E-state index is -1.08. The molecule has 2 aliphatic heterocycles. The molecule has 0 aromatic carbocycles.